The second kappa shape index (κ2) is 4.56. The maximum absolute atomic E-state index is 11.5. The standard InChI is InChI=1S/C13H19NO2/c1-9-6-10(2)8-11(7-9)16-12(15)14-13(3,4)5/h6-8H,1-5H3,(H,14,15). The van der Waals surface area contributed by atoms with Crippen LogP contribution in [0, 0.1) is 13.8 Å². The lowest BCUT2D eigenvalue weighted by Crippen LogP contribution is -2.42. The molecule has 0 aliphatic heterocycles. The lowest BCUT2D eigenvalue weighted by Gasteiger charge is -2.19. The number of amides is 1. The second-order valence-corrected chi connectivity index (χ2v) is 5.09. The van der Waals surface area contributed by atoms with Crippen LogP contribution in [0.2, 0.25) is 0 Å². The Labute approximate surface area is 96.8 Å². The number of carbonyl (C=O) groups excluding carboxylic acids is 1. The molecule has 0 aromatic heterocycles. The van der Waals surface area contributed by atoms with Crippen molar-refractivity contribution in [1.29, 1.82) is 0 Å². The fraction of sp³-hybridized carbons (Fsp3) is 0.462. The van der Waals surface area contributed by atoms with Crippen LogP contribution in [0.5, 0.6) is 5.75 Å². The summed E-state index contributed by atoms with van der Waals surface area (Å²) in [5.74, 6) is 0.583. The van der Waals surface area contributed by atoms with Crippen LogP contribution in [0.4, 0.5) is 4.79 Å². The lowest BCUT2D eigenvalue weighted by atomic mass is 10.1. The van der Waals surface area contributed by atoms with Crippen LogP contribution < -0.4 is 10.1 Å². The van der Waals surface area contributed by atoms with E-state index in [2.05, 4.69) is 5.32 Å². The summed E-state index contributed by atoms with van der Waals surface area (Å²) in [4.78, 5) is 11.5. The first kappa shape index (κ1) is 12.6. The van der Waals surface area contributed by atoms with Crippen LogP contribution in [0.25, 0.3) is 0 Å². The average molecular weight is 221 g/mol. The van der Waals surface area contributed by atoms with Crippen molar-refractivity contribution in [3.8, 4) is 5.75 Å². The van der Waals surface area contributed by atoms with Gasteiger partial charge in [-0.25, -0.2) is 4.79 Å². The van der Waals surface area contributed by atoms with Gasteiger partial charge in [-0.1, -0.05) is 6.07 Å². The van der Waals surface area contributed by atoms with Gasteiger partial charge in [0.2, 0.25) is 0 Å². The number of rotatable bonds is 1. The highest BCUT2D eigenvalue weighted by atomic mass is 16.6. The maximum Gasteiger partial charge on any atom is 0.413 e. The summed E-state index contributed by atoms with van der Waals surface area (Å²) in [5.41, 5.74) is 1.88. The van der Waals surface area contributed by atoms with Crippen molar-refractivity contribution in [2.24, 2.45) is 0 Å². The molecule has 1 rings (SSSR count). The Morgan fingerprint density at radius 2 is 1.62 bits per heavy atom. The zero-order chi connectivity index (χ0) is 12.3. The normalized spacial score (nSPS) is 11.1. The first-order valence-corrected chi connectivity index (χ1v) is 5.34. The molecule has 0 unspecified atom stereocenters. The number of ether oxygens (including phenoxy) is 1. The van der Waals surface area contributed by atoms with Crippen LogP contribution >= 0.6 is 0 Å². The lowest BCUT2D eigenvalue weighted by molar-refractivity contribution is 0.190. The molecular formula is C13H19NO2. The monoisotopic (exact) mass is 221 g/mol. The van der Waals surface area contributed by atoms with Gasteiger partial charge in [-0.3, -0.25) is 0 Å². The molecule has 0 saturated carbocycles. The summed E-state index contributed by atoms with van der Waals surface area (Å²) in [6.45, 7) is 9.68. The summed E-state index contributed by atoms with van der Waals surface area (Å²) in [5, 5.41) is 2.75. The molecular weight excluding hydrogens is 202 g/mol. The Morgan fingerprint density at radius 3 is 2.06 bits per heavy atom. The number of hydrogen-bond acceptors (Lipinski definition) is 2. The predicted octanol–water partition coefficient (Wildman–Crippen LogP) is 3.19. The first-order chi connectivity index (χ1) is 7.26. The van der Waals surface area contributed by atoms with Gasteiger partial charge in [-0.2, -0.15) is 0 Å². The third kappa shape index (κ3) is 4.34. The number of carbonyl (C=O) groups is 1. The van der Waals surface area contributed by atoms with Crippen molar-refractivity contribution in [3.05, 3.63) is 29.3 Å². The van der Waals surface area contributed by atoms with Gasteiger partial charge in [-0.15, -0.1) is 0 Å². The summed E-state index contributed by atoms with van der Waals surface area (Å²) < 4.78 is 5.20. The molecule has 0 fully saturated rings. The van der Waals surface area contributed by atoms with Gasteiger partial charge in [0.15, 0.2) is 0 Å². The molecule has 1 N–H and O–H groups in total. The van der Waals surface area contributed by atoms with Gasteiger partial charge < -0.3 is 10.1 Å². The maximum atomic E-state index is 11.5. The van der Waals surface area contributed by atoms with Crippen LogP contribution in [-0.2, 0) is 0 Å². The molecule has 16 heavy (non-hydrogen) atoms. The smallest absolute Gasteiger partial charge is 0.410 e. The van der Waals surface area contributed by atoms with Crippen molar-refractivity contribution in [1.82, 2.24) is 5.32 Å². The van der Waals surface area contributed by atoms with Crippen LogP contribution in [0.1, 0.15) is 31.9 Å². The molecule has 0 spiro atoms. The minimum Gasteiger partial charge on any atom is -0.410 e. The summed E-state index contributed by atoms with van der Waals surface area (Å²) in [7, 11) is 0. The number of aryl methyl sites for hydroxylation is 2. The zero-order valence-electron chi connectivity index (χ0n) is 10.5. The second-order valence-electron chi connectivity index (χ2n) is 5.09. The highest BCUT2D eigenvalue weighted by Gasteiger charge is 2.15. The van der Waals surface area contributed by atoms with Gasteiger partial charge in [0.1, 0.15) is 5.75 Å². The van der Waals surface area contributed by atoms with Gasteiger partial charge >= 0.3 is 6.09 Å². The van der Waals surface area contributed by atoms with E-state index in [4.69, 9.17) is 4.74 Å². The van der Waals surface area contributed by atoms with E-state index in [1.807, 2.05) is 52.8 Å². The van der Waals surface area contributed by atoms with E-state index in [1.54, 1.807) is 0 Å². The molecule has 0 saturated heterocycles. The molecule has 0 radical (unpaired) electrons. The minimum atomic E-state index is -0.419. The Kier molecular flexibility index (Phi) is 3.58. The van der Waals surface area contributed by atoms with E-state index in [-0.39, 0.29) is 5.54 Å². The Balaban J connectivity index is 2.70. The fourth-order valence-electron chi connectivity index (χ4n) is 1.43. The Hall–Kier alpha value is -1.51. The van der Waals surface area contributed by atoms with E-state index in [9.17, 15) is 4.79 Å². The van der Waals surface area contributed by atoms with Gasteiger partial charge in [-0.05, 0) is 57.9 Å². The van der Waals surface area contributed by atoms with Crippen molar-refractivity contribution >= 4 is 6.09 Å². The van der Waals surface area contributed by atoms with Gasteiger partial charge in [0, 0.05) is 5.54 Å². The third-order valence-electron chi connectivity index (χ3n) is 1.88. The van der Waals surface area contributed by atoms with E-state index < -0.39 is 6.09 Å². The molecule has 0 aliphatic rings. The number of hydrogen-bond donors (Lipinski definition) is 1. The predicted molar refractivity (Wildman–Crippen MR) is 64.8 cm³/mol. The number of nitrogens with one attached hydrogen (secondary N) is 1. The molecule has 1 aromatic carbocycles. The zero-order valence-corrected chi connectivity index (χ0v) is 10.5. The van der Waals surface area contributed by atoms with E-state index in [0.717, 1.165) is 11.1 Å². The molecule has 0 atom stereocenters. The van der Waals surface area contributed by atoms with Crippen molar-refractivity contribution in [3.63, 3.8) is 0 Å². The summed E-state index contributed by atoms with van der Waals surface area (Å²) >= 11 is 0. The van der Waals surface area contributed by atoms with Crippen molar-refractivity contribution in [2.45, 2.75) is 40.2 Å². The van der Waals surface area contributed by atoms with E-state index in [1.165, 1.54) is 0 Å². The van der Waals surface area contributed by atoms with Gasteiger partial charge in [0.25, 0.3) is 0 Å². The Morgan fingerprint density at radius 1 is 1.12 bits per heavy atom. The van der Waals surface area contributed by atoms with E-state index in [0.29, 0.717) is 5.75 Å². The highest BCUT2D eigenvalue weighted by molar-refractivity contribution is 5.71. The average Bonchev–Trinajstić information content (AvgIpc) is 1.96. The third-order valence-corrected chi connectivity index (χ3v) is 1.88. The Bertz CT molecular complexity index is 371. The molecule has 3 heteroatoms. The first-order valence-electron chi connectivity index (χ1n) is 5.34. The summed E-state index contributed by atoms with van der Waals surface area (Å²) in [6.07, 6.45) is -0.419. The highest BCUT2D eigenvalue weighted by Crippen LogP contribution is 2.16. The topological polar surface area (TPSA) is 38.3 Å². The minimum absolute atomic E-state index is 0.282. The largest absolute Gasteiger partial charge is 0.413 e. The summed E-state index contributed by atoms with van der Waals surface area (Å²) in [6, 6.07) is 5.72. The molecule has 1 amide bonds. The van der Waals surface area contributed by atoms with E-state index >= 15 is 0 Å². The SMILES string of the molecule is Cc1cc(C)cc(OC(=O)NC(C)(C)C)c1. The quantitative estimate of drug-likeness (QED) is 0.791. The molecule has 3 nitrogen and oxygen atoms in total. The van der Waals surface area contributed by atoms with Crippen LogP contribution in [-0.4, -0.2) is 11.6 Å². The van der Waals surface area contributed by atoms with Crippen molar-refractivity contribution in [2.75, 3.05) is 0 Å². The molecule has 0 bridgehead atoms. The molecule has 88 valence electrons. The van der Waals surface area contributed by atoms with Crippen molar-refractivity contribution < 1.29 is 9.53 Å². The molecule has 0 heterocycles. The van der Waals surface area contributed by atoms with Crippen LogP contribution in [0.15, 0.2) is 18.2 Å². The molecule has 1 aromatic rings. The fourth-order valence-corrected chi connectivity index (χ4v) is 1.43. The molecule has 0 aliphatic carbocycles. The van der Waals surface area contributed by atoms with Crippen LogP contribution in [0.3, 0.4) is 0 Å². The number of benzene rings is 1. The van der Waals surface area contributed by atoms with Gasteiger partial charge in [0.05, 0.1) is 0 Å².